The molecule has 0 aromatic rings. The van der Waals surface area contributed by atoms with Crippen LogP contribution >= 0.6 is 0 Å². The highest BCUT2D eigenvalue weighted by Gasteiger charge is 2.29. The maximum absolute atomic E-state index is 9.78. The zero-order valence-electron chi connectivity index (χ0n) is 8.97. The van der Waals surface area contributed by atoms with Crippen molar-refractivity contribution in [2.75, 3.05) is 13.1 Å². The highest BCUT2D eigenvalue weighted by molar-refractivity contribution is 6.40. The number of aliphatic hydroxyl groups is 1. The van der Waals surface area contributed by atoms with Crippen molar-refractivity contribution in [2.45, 2.75) is 37.7 Å². The molecule has 1 saturated heterocycles. The lowest BCUT2D eigenvalue weighted by atomic mass is 9.82. The van der Waals surface area contributed by atoms with Crippen LogP contribution in [0.1, 0.15) is 19.3 Å². The maximum atomic E-state index is 9.78. The average molecular weight is 216 g/mol. The van der Waals surface area contributed by atoms with Gasteiger partial charge in [-0.15, -0.1) is 0 Å². The monoisotopic (exact) mass is 216 g/mol. The fraction of sp³-hybridized carbons (Fsp3) is 1.00. The van der Waals surface area contributed by atoms with Crippen LogP contribution in [0.2, 0.25) is 6.32 Å². The smallest absolute Gasteiger partial charge is 0.427 e. The summed E-state index contributed by atoms with van der Waals surface area (Å²) in [4.78, 5) is 0. The molecule has 1 heterocycles. The summed E-state index contributed by atoms with van der Waals surface area (Å²) in [6.07, 6.45) is 2.26. The highest BCUT2D eigenvalue weighted by atomic mass is 16.4. The predicted octanol–water partition coefficient (Wildman–Crippen LogP) is -1.46. The van der Waals surface area contributed by atoms with Gasteiger partial charge in [-0.1, -0.05) is 12.8 Å². The third-order valence-corrected chi connectivity index (χ3v) is 2.98. The minimum absolute atomic E-state index is 0.187. The Kier molecular flexibility index (Phi) is 5.56. The summed E-state index contributed by atoms with van der Waals surface area (Å²) in [6.45, 7) is 1.70. The summed E-state index contributed by atoms with van der Waals surface area (Å²) < 4.78 is 0. The molecule has 1 rings (SSSR count). The van der Waals surface area contributed by atoms with Crippen molar-refractivity contribution in [1.82, 2.24) is 5.32 Å². The Morgan fingerprint density at radius 2 is 2.00 bits per heavy atom. The Bertz CT molecular complexity index is 179. The van der Waals surface area contributed by atoms with E-state index in [1.165, 1.54) is 0 Å². The summed E-state index contributed by atoms with van der Waals surface area (Å²) >= 11 is 0. The van der Waals surface area contributed by atoms with Crippen LogP contribution in [0, 0.1) is 5.92 Å². The SMILES string of the molecule is NC(CCCCB(O)O)C(O)C1CNC1. The molecule has 1 aliphatic heterocycles. The van der Waals surface area contributed by atoms with Crippen molar-refractivity contribution in [3.63, 3.8) is 0 Å². The van der Waals surface area contributed by atoms with Gasteiger partial charge < -0.3 is 26.2 Å². The van der Waals surface area contributed by atoms with Gasteiger partial charge in [0.1, 0.15) is 0 Å². The van der Waals surface area contributed by atoms with Crippen LogP contribution in [0.4, 0.5) is 0 Å². The van der Waals surface area contributed by atoms with E-state index in [9.17, 15) is 5.11 Å². The Labute approximate surface area is 90.8 Å². The summed E-state index contributed by atoms with van der Waals surface area (Å²) in [7, 11) is -1.22. The van der Waals surface area contributed by atoms with Crippen LogP contribution in [0.15, 0.2) is 0 Å². The molecule has 0 radical (unpaired) electrons. The predicted molar refractivity (Wildman–Crippen MR) is 59.2 cm³/mol. The highest BCUT2D eigenvalue weighted by Crippen LogP contribution is 2.15. The number of aliphatic hydroxyl groups excluding tert-OH is 1. The van der Waals surface area contributed by atoms with Crippen LogP contribution in [0.3, 0.4) is 0 Å². The number of unbranched alkanes of at least 4 members (excludes halogenated alkanes) is 1. The summed E-state index contributed by atoms with van der Waals surface area (Å²) in [5, 5.41) is 30.1. The molecule has 0 bridgehead atoms. The van der Waals surface area contributed by atoms with Gasteiger partial charge in [0.15, 0.2) is 0 Å². The van der Waals surface area contributed by atoms with Gasteiger partial charge in [0.2, 0.25) is 0 Å². The van der Waals surface area contributed by atoms with E-state index in [0.29, 0.717) is 12.2 Å². The molecule has 5 nitrogen and oxygen atoms in total. The molecule has 0 aromatic carbocycles. The largest absolute Gasteiger partial charge is 0.451 e. The zero-order valence-corrected chi connectivity index (χ0v) is 8.97. The topological polar surface area (TPSA) is 98.7 Å². The van der Waals surface area contributed by atoms with E-state index in [0.717, 1.165) is 32.4 Å². The average Bonchev–Trinajstić information content (AvgIpc) is 2.08. The minimum atomic E-state index is -1.22. The van der Waals surface area contributed by atoms with Crippen molar-refractivity contribution >= 4 is 7.12 Å². The lowest BCUT2D eigenvalue weighted by molar-refractivity contribution is 0.0518. The van der Waals surface area contributed by atoms with Gasteiger partial charge in [-0.3, -0.25) is 0 Å². The van der Waals surface area contributed by atoms with Gasteiger partial charge in [-0.05, 0) is 12.7 Å². The molecule has 2 unspecified atom stereocenters. The van der Waals surface area contributed by atoms with E-state index in [1.807, 2.05) is 0 Å². The molecule has 0 aromatic heterocycles. The van der Waals surface area contributed by atoms with Crippen molar-refractivity contribution in [3.8, 4) is 0 Å². The molecular weight excluding hydrogens is 195 g/mol. The Morgan fingerprint density at radius 1 is 1.33 bits per heavy atom. The molecule has 6 N–H and O–H groups in total. The fourth-order valence-electron chi connectivity index (χ4n) is 1.78. The second-order valence-electron chi connectivity index (χ2n) is 4.34. The molecule has 0 amide bonds. The number of nitrogens with one attached hydrogen (secondary N) is 1. The van der Waals surface area contributed by atoms with Crippen molar-refractivity contribution in [2.24, 2.45) is 11.7 Å². The molecule has 0 aliphatic carbocycles. The number of nitrogens with two attached hydrogens (primary N) is 1. The molecule has 1 fully saturated rings. The van der Waals surface area contributed by atoms with Gasteiger partial charge in [0, 0.05) is 25.0 Å². The van der Waals surface area contributed by atoms with E-state index in [4.69, 9.17) is 15.8 Å². The van der Waals surface area contributed by atoms with Gasteiger partial charge in [-0.25, -0.2) is 0 Å². The number of hydrogen-bond acceptors (Lipinski definition) is 5. The van der Waals surface area contributed by atoms with Crippen LogP contribution in [-0.4, -0.2) is 47.5 Å². The van der Waals surface area contributed by atoms with Crippen molar-refractivity contribution in [3.05, 3.63) is 0 Å². The molecule has 0 spiro atoms. The fourth-order valence-corrected chi connectivity index (χ4v) is 1.78. The van der Waals surface area contributed by atoms with E-state index >= 15 is 0 Å². The molecule has 15 heavy (non-hydrogen) atoms. The molecule has 6 heteroatoms. The number of rotatable bonds is 7. The van der Waals surface area contributed by atoms with Gasteiger partial charge in [0.25, 0.3) is 0 Å². The van der Waals surface area contributed by atoms with Crippen LogP contribution in [0.25, 0.3) is 0 Å². The summed E-state index contributed by atoms with van der Waals surface area (Å²) in [5.41, 5.74) is 5.84. The third-order valence-electron chi connectivity index (χ3n) is 2.98. The normalized spacial score (nSPS) is 20.8. The Hall–Kier alpha value is -0.135. The Balaban J connectivity index is 2.04. The lowest BCUT2D eigenvalue weighted by Crippen LogP contribution is -2.54. The van der Waals surface area contributed by atoms with Crippen LogP contribution in [-0.2, 0) is 0 Å². The first kappa shape index (κ1) is 12.9. The third kappa shape index (κ3) is 4.48. The standard InChI is InChI=1S/C9H21BN2O3/c11-8(3-1-2-4-10(14)15)9(13)7-5-12-6-7/h7-9,12-15H,1-6,11H2. The zero-order chi connectivity index (χ0) is 11.3. The van der Waals surface area contributed by atoms with Crippen molar-refractivity contribution < 1.29 is 15.2 Å². The maximum Gasteiger partial charge on any atom is 0.451 e. The molecule has 0 saturated carbocycles. The van der Waals surface area contributed by atoms with E-state index in [-0.39, 0.29) is 6.04 Å². The van der Waals surface area contributed by atoms with Crippen LogP contribution < -0.4 is 11.1 Å². The first-order valence-electron chi connectivity index (χ1n) is 5.61. The molecule has 88 valence electrons. The quantitative estimate of drug-likeness (QED) is 0.264. The second kappa shape index (κ2) is 6.45. The minimum Gasteiger partial charge on any atom is -0.427 e. The molecular formula is C9H21BN2O3. The van der Waals surface area contributed by atoms with Crippen LogP contribution in [0.5, 0.6) is 0 Å². The molecule has 2 atom stereocenters. The summed E-state index contributed by atoms with van der Waals surface area (Å²) in [5.74, 6) is 0.295. The van der Waals surface area contributed by atoms with E-state index in [2.05, 4.69) is 5.32 Å². The first-order chi connectivity index (χ1) is 7.11. The second-order valence-corrected chi connectivity index (χ2v) is 4.34. The first-order valence-corrected chi connectivity index (χ1v) is 5.61. The van der Waals surface area contributed by atoms with E-state index in [1.54, 1.807) is 0 Å². The van der Waals surface area contributed by atoms with Gasteiger partial charge in [-0.2, -0.15) is 0 Å². The molecule has 1 aliphatic rings. The van der Waals surface area contributed by atoms with Gasteiger partial charge in [0.05, 0.1) is 6.10 Å². The summed E-state index contributed by atoms with van der Waals surface area (Å²) in [6, 6.07) is -0.187. The van der Waals surface area contributed by atoms with Crippen molar-refractivity contribution in [1.29, 1.82) is 0 Å². The van der Waals surface area contributed by atoms with E-state index < -0.39 is 13.2 Å². The lowest BCUT2D eigenvalue weighted by Gasteiger charge is -2.34. The number of hydrogen-bond donors (Lipinski definition) is 5. The van der Waals surface area contributed by atoms with Gasteiger partial charge >= 0.3 is 7.12 Å². The Morgan fingerprint density at radius 3 is 2.47 bits per heavy atom.